The molecule has 2 amide bonds. The van der Waals surface area contributed by atoms with Gasteiger partial charge in [0.25, 0.3) is 0 Å². The molecule has 2 aromatic carbocycles. The van der Waals surface area contributed by atoms with Crippen molar-refractivity contribution in [2.75, 3.05) is 19.6 Å². The minimum atomic E-state index is -0.157. The fourth-order valence-electron chi connectivity index (χ4n) is 3.62. The lowest BCUT2D eigenvalue weighted by Gasteiger charge is -2.30. The molecule has 1 aromatic heterocycles. The summed E-state index contributed by atoms with van der Waals surface area (Å²) in [6, 6.07) is 16.7. The molecular formula is C23H23ClN4O3. The lowest BCUT2D eigenvalue weighted by molar-refractivity contribution is -0.133. The summed E-state index contributed by atoms with van der Waals surface area (Å²) in [5, 5.41) is 7.44. The average molecular weight is 439 g/mol. The van der Waals surface area contributed by atoms with E-state index in [0.717, 1.165) is 24.0 Å². The molecule has 3 aromatic rings. The summed E-state index contributed by atoms with van der Waals surface area (Å²) < 4.78 is 5.47. The summed E-state index contributed by atoms with van der Waals surface area (Å²) in [4.78, 5) is 30.8. The number of amides is 2. The van der Waals surface area contributed by atoms with E-state index in [9.17, 15) is 9.59 Å². The maximum atomic E-state index is 12.5. The smallest absolute Gasteiger partial charge is 0.241 e. The lowest BCUT2D eigenvalue weighted by Crippen LogP contribution is -2.44. The summed E-state index contributed by atoms with van der Waals surface area (Å²) in [7, 11) is 0. The zero-order valence-corrected chi connectivity index (χ0v) is 17.7. The van der Waals surface area contributed by atoms with Gasteiger partial charge in [-0.05, 0) is 42.7 Å². The molecule has 1 saturated heterocycles. The van der Waals surface area contributed by atoms with E-state index in [1.54, 1.807) is 17.0 Å². The molecule has 0 bridgehead atoms. The maximum Gasteiger partial charge on any atom is 0.241 e. The van der Waals surface area contributed by atoms with E-state index in [0.29, 0.717) is 29.8 Å². The summed E-state index contributed by atoms with van der Waals surface area (Å²) in [5.41, 5.74) is 1.77. The number of aromatic nitrogens is 2. The van der Waals surface area contributed by atoms with Crippen LogP contribution in [0.3, 0.4) is 0 Å². The van der Waals surface area contributed by atoms with Gasteiger partial charge in [0.15, 0.2) is 0 Å². The van der Waals surface area contributed by atoms with E-state index in [1.807, 2.05) is 42.5 Å². The van der Waals surface area contributed by atoms with Crippen LogP contribution in [0.1, 0.15) is 30.2 Å². The van der Waals surface area contributed by atoms with Crippen LogP contribution in [-0.2, 0) is 16.0 Å². The highest BCUT2D eigenvalue weighted by Gasteiger charge is 2.27. The van der Waals surface area contributed by atoms with Gasteiger partial charge in [0, 0.05) is 29.6 Å². The van der Waals surface area contributed by atoms with Gasteiger partial charge in [0.05, 0.1) is 13.0 Å². The van der Waals surface area contributed by atoms with Crippen molar-refractivity contribution in [3.63, 3.8) is 0 Å². The molecule has 7 nitrogen and oxygen atoms in total. The Balaban J connectivity index is 1.24. The van der Waals surface area contributed by atoms with Crippen LogP contribution < -0.4 is 5.32 Å². The van der Waals surface area contributed by atoms with E-state index in [-0.39, 0.29) is 30.7 Å². The maximum absolute atomic E-state index is 12.5. The number of likely N-dealkylation sites (tertiary alicyclic amines) is 1. The second kappa shape index (κ2) is 9.75. The Morgan fingerprint density at radius 1 is 1.06 bits per heavy atom. The Morgan fingerprint density at radius 3 is 2.48 bits per heavy atom. The highest BCUT2D eigenvalue weighted by atomic mass is 35.5. The molecule has 0 radical (unpaired) electrons. The van der Waals surface area contributed by atoms with Gasteiger partial charge in [0.2, 0.25) is 23.5 Å². The highest BCUT2D eigenvalue weighted by molar-refractivity contribution is 6.30. The largest absolute Gasteiger partial charge is 0.347 e. The van der Waals surface area contributed by atoms with Gasteiger partial charge < -0.3 is 14.7 Å². The van der Waals surface area contributed by atoms with Gasteiger partial charge in [0.1, 0.15) is 0 Å². The van der Waals surface area contributed by atoms with Crippen molar-refractivity contribution in [1.29, 1.82) is 0 Å². The fraction of sp³-hybridized carbons (Fsp3) is 0.304. The quantitative estimate of drug-likeness (QED) is 0.636. The molecule has 2 heterocycles. The topological polar surface area (TPSA) is 88.3 Å². The standard InChI is InChI=1S/C23H23ClN4O3/c24-19-8-6-17(7-9-19)22-26-23(31-27-22)18-10-12-28(13-11-18)21(30)15-25-20(29)14-16-4-2-1-3-5-16/h1-9,18H,10-15H2,(H,25,29). The van der Waals surface area contributed by atoms with Gasteiger partial charge in [-0.2, -0.15) is 4.98 Å². The van der Waals surface area contributed by atoms with Gasteiger partial charge >= 0.3 is 0 Å². The van der Waals surface area contributed by atoms with Crippen LogP contribution >= 0.6 is 11.6 Å². The molecule has 1 fully saturated rings. The fourth-order valence-corrected chi connectivity index (χ4v) is 3.75. The number of hydrogen-bond acceptors (Lipinski definition) is 5. The molecule has 1 aliphatic rings. The normalized spacial score (nSPS) is 14.4. The summed E-state index contributed by atoms with van der Waals surface area (Å²) in [5.74, 6) is 1.01. The Hall–Kier alpha value is -3.19. The summed E-state index contributed by atoms with van der Waals surface area (Å²) in [6.45, 7) is 1.20. The molecule has 0 spiro atoms. The number of piperidine rings is 1. The number of nitrogens with one attached hydrogen (secondary N) is 1. The molecule has 4 rings (SSSR count). The van der Waals surface area contributed by atoms with Crippen molar-refractivity contribution < 1.29 is 14.1 Å². The monoisotopic (exact) mass is 438 g/mol. The third-order valence-corrected chi connectivity index (χ3v) is 5.64. The first-order valence-corrected chi connectivity index (χ1v) is 10.6. The van der Waals surface area contributed by atoms with E-state index in [2.05, 4.69) is 15.5 Å². The number of hydrogen-bond donors (Lipinski definition) is 1. The first-order valence-electron chi connectivity index (χ1n) is 10.3. The number of carbonyl (C=O) groups is 2. The van der Waals surface area contributed by atoms with Crippen molar-refractivity contribution in [2.45, 2.75) is 25.2 Å². The molecule has 0 saturated carbocycles. The molecule has 0 unspecified atom stereocenters. The van der Waals surface area contributed by atoms with Crippen LogP contribution in [0.5, 0.6) is 0 Å². The SMILES string of the molecule is O=C(Cc1ccccc1)NCC(=O)N1CCC(c2nc(-c3ccc(Cl)cc3)no2)CC1. The third kappa shape index (κ3) is 5.49. The number of nitrogens with zero attached hydrogens (tertiary/aromatic N) is 3. The molecule has 1 aliphatic heterocycles. The second-order valence-corrected chi connectivity index (χ2v) is 7.99. The lowest BCUT2D eigenvalue weighted by atomic mass is 9.96. The van der Waals surface area contributed by atoms with Crippen LogP contribution in [0.4, 0.5) is 0 Å². The number of halogens is 1. The molecular weight excluding hydrogens is 416 g/mol. The van der Waals surface area contributed by atoms with E-state index < -0.39 is 0 Å². The van der Waals surface area contributed by atoms with Gasteiger partial charge in [-0.15, -0.1) is 0 Å². The first kappa shape index (κ1) is 21.1. The van der Waals surface area contributed by atoms with E-state index in [4.69, 9.17) is 16.1 Å². The highest BCUT2D eigenvalue weighted by Crippen LogP contribution is 2.28. The van der Waals surface area contributed by atoms with E-state index in [1.165, 1.54) is 0 Å². The first-order chi connectivity index (χ1) is 15.1. The summed E-state index contributed by atoms with van der Waals surface area (Å²) >= 11 is 5.92. The Labute approximate surface area is 185 Å². The predicted octanol–water partition coefficient (Wildman–Crippen LogP) is 3.45. The van der Waals surface area contributed by atoms with Gasteiger partial charge in [-0.3, -0.25) is 9.59 Å². The van der Waals surface area contributed by atoms with Gasteiger partial charge in [-0.1, -0.05) is 47.1 Å². The van der Waals surface area contributed by atoms with Crippen molar-refractivity contribution in [3.05, 3.63) is 71.1 Å². The Bertz CT molecular complexity index is 1030. The summed E-state index contributed by atoms with van der Waals surface area (Å²) in [6.07, 6.45) is 1.75. The zero-order valence-electron chi connectivity index (χ0n) is 17.0. The van der Waals surface area contributed by atoms with Crippen molar-refractivity contribution in [2.24, 2.45) is 0 Å². The third-order valence-electron chi connectivity index (χ3n) is 5.39. The van der Waals surface area contributed by atoms with Crippen LogP contribution in [0.2, 0.25) is 5.02 Å². The molecule has 0 atom stereocenters. The minimum absolute atomic E-state index is 0.0115. The van der Waals surface area contributed by atoms with Crippen molar-refractivity contribution >= 4 is 23.4 Å². The zero-order chi connectivity index (χ0) is 21.6. The molecule has 160 valence electrons. The van der Waals surface area contributed by atoms with Crippen molar-refractivity contribution in [1.82, 2.24) is 20.4 Å². The molecule has 8 heteroatoms. The predicted molar refractivity (Wildman–Crippen MR) is 116 cm³/mol. The Kier molecular flexibility index (Phi) is 6.62. The Morgan fingerprint density at radius 2 is 1.77 bits per heavy atom. The minimum Gasteiger partial charge on any atom is -0.347 e. The van der Waals surface area contributed by atoms with Crippen LogP contribution in [0.25, 0.3) is 11.4 Å². The van der Waals surface area contributed by atoms with Crippen LogP contribution in [0.15, 0.2) is 59.1 Å². The molecule has 0 aliphatic carbocycles. The van der Waals surface area contributed by atoms with Gasteiger partial charge in [-0.25, -0.2) is 0 Å². The van der Waals surface area contributed by atoms with Crippen molar-refractivity contribution in [3.8, 4) is 11.4 Å². The van der Waals surface area contributed by atoms with Crippen LogP contribution in [-0.4, -0.2) is 46.5 Å². The molecule has 1 N–H and O–H groups in total. The second-order valence-electron chi connectivity index (χ2n) is 7.56. The average Bonchev–Trinajstić information content (AvgIpc) is 3.29. The van der Waals surface area contributed by atoms with Crippen LogP contribution in [0, 0.1) is 0 Å². The number of rotatable bonds is 6. The number of benzene rings is 2. The van der Waals surface area contributed by atoms with E-state index >= 15 is 0 Å². The molecule has 31 heavy (non-hydrogen) atoms. The number of carbonyl (C=O) groups excluding carboxylic acids is 2.